The second-order valence-corrected chi connectivity index (χ2v) is 11.7. The summed E-state index contributed by atoms with van der Waals surface area (Å²) in [5.41, 5.74) is 2.82. The molecule has 8 nitrogen and oxygen atoms in total. The third-order valence-electron chi connectivity index (χ3n) is 7.61. The Balaban J connectivity index is 1.12. The van der Waals surface area contributed by atoms with E-state index in [0.717, 1.165) is 36.9 Å². The van der Waals surface area contributed by atoms with Gasteiger partial charge in [-0.2, -0.15) is 0 Å². The molecule has 2 aromatic carbocycles. The highest BCUT2D eigenvalue weighted by molar-refractivity contribution is 5.70. The third kappa shape index (κ3) is 6.34. The van der Waals surface area contributed by atoms with Crippen LogP contribution in [0.1, 0.15) is 52.0 Å². The molecule has 0 radical (unpaired) electrons. The molecule has 0 unspecified atom stereocenters. The highest BCUT2D eigenvalue weighted by Gasteiger charge is 2.42. The van der Waals surface area contributed by atoms with Gasteiger partial charge in [-0.05, 0) is 70.2 Å². The van der Waals surface area contributed by atoms with E-state index in [1.165, 1.54) is 5.69 Å². The number of piperazine rings is 1. The van der Waals surface area contributed by atoms with Crippen molar-refractivity contribution in [3.63, 3.8) is 0 Å². The van der Waals surface area contributed by atoms with Crippen molar-refractivity contribution in [2.24, 2.45) is 0 Å². The number of anilines is 2. The van der Waals surface area contributed by atoms with Gasteiger partial charge in [-0.15, -0.1) is 0 Å². The molecule has 1 N–H and O–H groups in total. The molecule has 0 aliphatic carbocycles. The zero-order valence-corrected chi connectivity index (χ0v) is 22.8. The van der Waals surface area contributed by atoms with E-state index in [1.54, 1.807) is 4.90 Å². The summed E-state index contributed by atoms with van der Waals surface area (Å²) in [6, 6.07) is 19.3. The van der Waals surface area contributed by atoms with Crippen molar-refractivity contribution in [3.8, 4) is 0 Å². The van der Waals surface area contributed by atoms with Gasteiger partial charge in [0, 0.05) is 55.7 Å². The van der Waals surface area contributed by atoms with Crippen molar-refractivity contribution in [1.82, 2.24) is 9.80 Å². The highest BCUT2D eigenvalue weighted by atomic mass is 16.6. The third-order valence-corrected chi connectivity index (χ3v) is 7.61. The van der Waals surface area contributed by atoms with Crippen molar-refractivity contribution in [1.29, 1.82) is 0 Å². The van der Waals surface area contributed by atoms with E-state index in [-0.39, 0.29) is 12.2 Å². The van der Waals surface area contributed by atoms with Crippen LogP contribution in [0, 0.1) is 0 Å². The second kappa shape index (κ2) is 11.1. The normalized spacial score (nSPS) is 21.8. The molecule has 2 amide bonds. The quantitative estimate of drug-likeness (QED) is 0.562. The number of benzene rings is 2. The van der Waals surface area contributed by atoms with Gasteiger partial charge in [0.2, 0.25) is 0 Å². The van der Waals surface area contributed by atoms with Crippen molar-refractivity contribution < 1.29 is 19.1 Å². The van der Waals surface area contributed by atoms with Gasteiger partial charge in [-0.25, -0.2) is 9.59 Å². The fourth-order valence-corrected chi connectivity index (χ4v) is 5.81. The Morgan fingerprint density at radius 3 is 2.21 bits per heavy atom. The van der Waals surface area contributed by atoms with Crippen LogP contribution in [-0.2, 0) is 16.1 Å². The van der Waals surface area contributed by atoms with Crippen LogP contribution in [-0.4, -0.2) is 71.9 Å². The number of piperidine rings is 1. The summed E-state index contributed by atoms with van der Waals surface area (Å²) in [5, 5.41) is 3.69. The monoisotopic (exact) mass is 520 g/mol. The topological polar surface area (TPSA) is 74.4 Å². The number of rotatable bonds is 5. The Bertz CT molecular complexity index is 1100. The Morgan fingerprint density at radius 1 is 0.868 bits per heavy atom. The van der Waals surface area contributed by atoms with Gasteiger partial charge in [-0.1, -0.05) is 36.4 Å². The van der Waals surface area contributed by atoms with E-state index in [0.29, 0.717) is 50.9 Å². The number of carbonyl (C=O) groups excluding carboxylic acids is 2. The van der Waals surface area contributed by atoms with Crippen LogP contribution < -0.4 is 10.2 Å². The van der Waals surface area contributed by atoms with Gasteiger partial charge in [0.1, 0.15) is 12.2 Å². The number of nitrogens with one attached hydrogen (secondary N) is 1. The number of carbonyl (C=O) groups is 2. The summed E-state index contributed by atoms with van der Waals surface area (Å²) in [7, 11) is 0. The molecule has 0 saturated carbocycles. The first-order valence-electron chi connectivity index (χ1n) is 13.8. The number of ether oxygens (including phenoxy) is 2. The van der Waals surface area contributed by atoms with Gasteiger partial charge in [0.15, 0.2) is 0 Å². The molecule has 204 valence electrons. The summed E-state index contributed by atoms with van der Waals surface area (Å²) in [6.45, 7) is 8.80. The Hall–Kier alpha value is -3.42. The standard InChI is InChI=1S/C30H40N4O4/c1-30(2,3)38-29(36)33-19-26-12-13-27(20-33)34(26)25-11-7-10-24(18-25)31-23-14-16-32(17-15-23)28(35)37-21-22-8-5-4-6-9-22/h4-11,18,23,26-27,31H,12-17,19-21H2,1-3H3/t26-,27+. The lowest BCUT2D eigenvalue weighted by Crippen LogP contribution is -2.56. The second-order valence-electron chi connectivity index (χ2n) is 11.7. The van der Waals surface area contributed by atoms with E-state index in [1.807, 2.05) is 56.0 Å². The molecule has 8 heteroatoms. The summed E-state index contributed by atoms with van der Waals surface area (Å²) >= 11 is 0. The van der Waals surface area contributed by atoms with Crippen molar-refractivity contribution in [2.45, 2.75) is 76.8 Å². The van der Waals surface area contributed by atoms with Gasteiger partial charge in [0.05, 0.1) is 0 Å². The molecule has 2 aromatic rings. The number of nitrogens with zero attached hydrogens (tertiary/aromatic N) is 3. The van der Waals surface area contributed by atoms with Crippen LogP contribution in [0.15, 0.2) is 54.6 Å². The van der Waals surface area contributed by atoms with E-state index >= 15 is 0 Å². The minimum absolute atomic E-state index is 0.209. The molecule has 3 saturated heterocycles. The van der Waals surface area contributed by atoms with E-state index < -0.39 is 5.60 Å². The molecule has 38 heavy (non-hydrogen) atoms. The van der Waals surface area contributed by atoms with Gasteiger partial charge in [-0.3, -0.25) is 0 Å². The fraction of sp³-hybridized carbons (Fsp3) is 0.533. The summed E-state index contributed by atoms with van der Waals surface area (Å²) < 4.78 is 11.1. The zero-order chi connectivity index (χ0) is 26.7. The number of fused-ring (bicyclic) bond motifs is 2. The van der Waals surface area contributed by atoms with Crippen LogP contribution in [0.3, 0.4) is 0 Å². The summed E-state index contributed by atoms with van der Waals surface area (Å²) in [4.78, 5) is 31.3. The predicted molar refractivity (Wildman–Crippen MR) is 148 cm³/mol. The van der Waals surface area contributed by atoms with Gasteiger partial charge < -0.3 is 29.5 Å². The van der Waals surface area contributed by atoms with Crippen molar-refractivity contribution in [2.75, 3.05) is 36.4 Å². The number of hydrogen-bond donors (Lipinski definition) is 1. The minimum atomic E-state index is -0.480. The van der Waals surface area contributed by atoms with Crippen LogP contribution in [0.4, 0.5) is 21.0 Å². The Kier molecular flexibility index (Phi) is 7.68. The summed E-state index contributed by atoms with van der Waals surface area (Å²) in [5.74, 6) is 0. The van der Waals surface area contributed by atoms with Crippen molar-refractivity contribution in [3.05, 3.63) is 60.2 Å². The first-order chi connectivity index (χ1) is 18.2. The lowest BCUT2D eigenvalue weighted by Gasteiger charge is -2.42. The molecule has 5 rings (SSSR count). The van der Waals surface area contributed by atoms with E-state index in [9.17, 15) is 9.59 Å². The molecule has 0 spiro atoms. The maximum Gasteiger partial charge on any atom is 0.410 e. The van der Waals surface area contributed by atoms with Crippen molar-refractivity contribution >= 4 is 23.6 Å². The first kappa shape index (κ1) is 26.2. The number of likely N-dealkylation sites (tertiary alicyclic amines) is 2. The van der Waals surface area contributed by atoms with Crippen LogP contribution >= 0.6 is 0 Å². The maximum absolute atomic E-state index is 12.7. The number of hydrogen-bond acceptors (Lipinski definition) is 6. The molecule has 3 fully saturated rings. The lowest BCUT2D eigenvalue weighted by molar-refractivity contribution is 0.0209. The molecular weight excluding hydrogens is 480 g/mol. The largest absolute Gasteiger partial charge is 0.445 e. The van der Waals surface area contributed by atoms with Crippen LogP contribution in [0.2, 0.25) is 0 Å². The SMILES string of the molecule is CC(C)(C)OC(=O)N1C[C@H]2CC[C@@H](C1)N2c1cccc(NC2CCN(C(=O)OCc3ccccc3)CC2)c1. The van der Waals surface area contributed by atoms with Gasteiger partial charge in [0.25, 0.3) is 0 Å². The predicted octanol–water partition coefficient (Wildman–Crippen LogP) is 5.49. The molecule has 3 heterocycles. The average Bonchev–Trinajstić information content (AvgIpc) is 3.16. The fourth-order valence-electron chi connectivity index (χ4n) is 5.81. The molecule has 2 atom stereocenters. The molecule has 2 bridgehead atoms. The molecular formula is C30H40N4O4. The van der Waals surface area contributed by atoms with Crippen LogP contribution in [0.25, 0.3) is 0 Å². The lowest BCUT2D eigenvalue weighted by atomic mass is 10.0. The minimum Gasteiger partial charge on any atom is -0.445 e. The summed E-state index contributed by atoms with van der Waals surface area (Å²) in [6.07, 6.45) is 3.48. The molecule has 0 aromatic heterocycles. The molecule has 3 aliphatic heterocycles. The average molecular weight is 521 g/mol. The Labute approximate surface area is 225 Å². The van der Waals surface area contributed by atoms with E-state index in [2.05, 4.69) is 34.5 Å². The highest BCUT2D eigenvalue weighted by Crippen LogP contribution is 2.36. The zero-order valence-electron chi connectivity index (χ0n) is 22.8. The van der Waals surface area contributed by atoms with Crippen LogP contribution in [0.5, 0.6) is 0 Å². The first-order valence-corrected chi connectivity index (χ1v) is 13.8. The Morgan fingerprint density at radius 2 is 1.55 bits per heavy atom. The number of amides is 2. The van der Waals surface area contributed by atoms with Gasteiger partial charge >= 0.3 is 12.2 Å². The van der Waals surface area contributed by atoms with E-state index in [4.69, 9.17) is 9.47 Å². The smallest absolute Gasteiger partial charge is 0.410 e. The molecule has 3 aliphatic rings. The maximum atomic E-state index is 12.7.